The van der Waals surface area contributed by atoms with Crippen molar-refractivity contribution in [2.45, 2.75) is 31.3 Å². The van der Waals surface area contributed by atoms with Gasteiger partial charge in [-0.1, -0.05) is 18.7 Å². The van der Waals surface area contributed by atoms with Crippen LogP contribution in [-0.2, 0) is 4.79 Å². The number of carbonyl (C=O) groups excluding carboxylic acids is 1. The number of hydrazine groups is 1. The highest BCUT2D eigenvalue weighted by Crippen LogP contribution is 2.40. The lowest BCUT2D eigenvalue weighted by molar-refractivity contribution is -0.111. The molecular weight excluding hydrogens is 527 g/mol. The van der Waals surface area contributed by atoms with Crippen LogP contribution in [0.25, 0.3) is 0 Å². The molecule has 0 unspecified atom stereocenters. The molecule has 0 saturated carbocycles. The Morgan fingerprint density at radius 1 is 1.32 bits per heavy atom. The highest BCUT2D eigenvalue weighted by atomic mass is 19.1. The molecule has 8 N–H and O–H groups in total. The second-order valence-corrected chi connectivity index (χ2v) is 9.92. The summed E-state index contributed by atoms with van der Waals surface area (Å²) in [4.78, 5) is 21.3. The van der Waals surface area contributed by atoms with E-state index in [-0.39, 0.29) is 18.3 Å². The Hall–Kier alpha value is -4.13. The molecule has 1 amide bonds. The van der Waals surface area contributed by atoms with E-state index in [1.54, 1.807) is 18.2 Å². The van der Waals surface area contributed by atoms with Crippen molar-refractivity contribution < 1.29 is 19.0 Å². The van der Waals surface area contributed by atoms with E-state index >= 15 is 0 Å². The highest BCUT2D eigenvalue weighted by molar-refractivity contribution is 6.02. The maximum absolute atomic E-state index is 13.8. The van der Waals surface area contributed by atoms with Gasteiger partial charge in [0.2, 0.25) is 5.91 Å². The molecule has 2 aromatic rings. The van der Waals surface area contributed by atoms with Crippen LogP contribution in [-0.4, -0.2) is 68.7 Å². The molecule has 41 heavy (non-hydrogen) atoms. The number of aliphatic imine (C=N–C) groups is 1. The standard InChI is InChI=1S/C29H41FN8O3/c1-5-29(40)35-23-16-24(26(41-4)17-25(23)38-12-9-21(10-13-38)37(2)3)33-27(31)18-28(36-32)34-22(11-14-39)19-7-6-8-20(30)15-19/h5-8,15-18,21-22,34,36,39H,1,9-14,32H2,2-4H3,(H2,31,33)(H,35,40)/b28-18-/t22-/m1/s1. The number of hydrogen-bond acceptors (Lipinski definition) is 9. The van der Waals surface area contributed by atoms with Crippen LogP contribution in [0.1, 0.15) is 30.9 Å². The Kier molecular flexibility index (Phi) is 11.5. The zero-order valence-electron chi connectivity index (χ0n) is 23.9. The van der Waals surface area contributed by atoms with Crippen LogP contribution in [0.3, 0.4) is 0 Å². The largest absolute Gasteiger partial charge is 0.494 e. The predicted molar refractivity (Wildman–Crippen MR) is 161 cm³/mol. The van der Waals surface area contributed by atoms with E-state index < -0.39 is 11.9 Å². The lowest BCUT2D eigenvalue weighted by atomic mass is 10.0. The Labute approximate surface area is 240 Å². The summed E-state index contributed by atoms with van der Waals surface area (Å²) in [7, 11) is 5.71. The first kappa shape index (κ1) is 31.4. The third-order valence-electron chi connectivity index (χ3n) is 6.97. The summed E-state index contributed by atoms with van der Waals surface area (Å²) in [5, 5.41) is 15.6. The van der Waals surface area contributed by atoms with Gasteiger partial charge in [-0.25, -0.2) is 15.2 Å². The van der Waals surface area contributed by atoms with E-state index in [1.165, 1.54) is 31.4 Å². The summed E-state index contributed by atoms with van der Waals surface area (Å²) < 4.78 is 19.5. The van der Waals surface area contributed by atoms with Crippen molar-refractivity contribution in [3.8, 4) is 5.75 Å². The number of piperidine rings is 1. The molecule has 11 nitrogen and oxygen atoms in total. The summed E-state index contributed by atoms with van der Waals surface area (Å²) in [5.74, 6) is 5.83. The molecule has 0 aromatic heterocycles. The fourth-order valence-corrected chi connectivity index (χ4v) is 4.78. The zero-order chi connectivity index (χ0) is 29.9. The Morgan fingerprint density at radius 3 is 2.63 bits per heavy atom. The summed E-state index contributed by atoms with van der Waals surface area (Å²) >= 11 is 0. The quantitative estimate of drug-likeness (QED) is 0.0703. The first-order valence-corrected chi connectivity index (χ1v) is 13.4. The number of carbonyl (C=O) groups is 1. The molecule has 1 fully saturated rings. The molecular formula is C29H41FN8O3. The molecule has 2 aromatic carbocycles. The van der Waals surface area contributed by atoms with Gasteiger partial charge in [0.05, 0.1) is 24.5 Å². The van der Waals surface area contributed by atoms with E-state index in [2.05, 4.69) is 51.5 Å². The van der Waals surface area contributed by atoms with Gasteiger partial charge in [-0.05, 0) is 63.2 Å². The minimum atomic E-state index is -0.447. The Bertz CT molecular complexity index is 1260. The van der Waals surface area contributed by atoms with Crippen molar-refractivity contribution in [2.24, 2.45) is 16.6 Å². The van der Waals surface area contributed by atoms with Gasteiger partial charge in [-0.15, -0.1) is 0 Å². The molecule has 1 heterocycles. The second kappa shape index (κ2) is 15.0. The normalized spacial score (nSPS) is 15.4. The Balaban J connectivity index is 1.93. The van der Waals surface area contributed by atoms with E-state index in [0.29, 0.717) is 41.0 Å². The monoisotopic (exact) mass is 568 g/mol. The van der Waals surface area contributed by atoms with Crippen molar-refractivity contribution in [3.05, 3.63) is 72.3 Å². The van der Waals surface area contributed by atoms with Gasteiger partial charge in [0.15, 0.2) is 0 Å². The SMILES string of the molecule is C=CC(=O)Nc1cc(N=C(N)/C=C(\NN)N[C@H](CCO)c2cccc(F)c2)c(OC)cc1N1CCC(N(C)C)CC1. The van der Waals surface area contributed by atoms with Gasteiger partial charge in [-0.3, -0.25) is 4.79 Å². The molecule has 0 spiro atoms. The number of nitrogens with one attached hydrogen (secondary N) is 3. The number of aliphatic hydroxyl groups excluding tert-OH is 1. The molecule has 12 heteroatoms. The van der Waals surface area contributed by atoms with E-state index in [1.807, 2.05) is 6.07 Å². The number of methoxy groups -OCH3 is 1. The fraction of sp³-hybridized carbons (Fsp3) is 0.379. The maximum atomic E-state index is 13.8. The molecule has 3 rings (SSSR count). The van der Waals surface area contributed by atoms with Crippen molar-refractivity contribution in [1.82, 2.24) is 15.6 Å². The minimum Gasteiger partial charge on any atom is -0.494 e. The van der Waals surface area contributed by atoms with E-state index in [0.717, 1.165) is 31.6 Å². The van der Waals surface area contributed by atoms with Crippen molar-refractivity contribution in [3.63, 3.8) is 0 Å². The highest BCUT2D eigenvalue weighted by Gasteiger charge is 2.24. The number of rotatable bonds is 13. The summed E-state index contributed by atoms with van der Waals surface area (Å²) in [6, 6.07) is 9.66. The van der Waals surface area contributed by atoms with Crippen LogP contribution in [0, 0.1) is 5.82 Å². The number of nitrogens with two attached hydrogens (primary N) is 2. The predicted octanol–water partition coefficient (Wildman–Crippen LogP) is 2.50. The molecule has 0 aliphatic carbocycles. The van der Waals surface area contributed by atoms with Gasteiger partial charge in [0.1, 0.15) is 28.9 Å². The van der Waals surface area contributed by atoms with Crippen molar-refractivity contribution >= 4 is 28.8 Å². The fourth-order valence-electron chi connectivity index (χ4n) is 4.78. The lowest BCUT2D eigenvalue weighted by Crippen LogP contribution is -2.42. The third kappa shape index (κ3) is 8.68. The summed E-state index contributed by atoms with van der Waals surface area (Å²) in [6.45, 7) is 5.06. The van der Waals surface area contributed by atoms with Crippen molar-refractivity contribution in [2.75, 3.05) is 51.1 Å². The van der Waals surface area contributed by atoms with E-state index in [9.17, 15) is 14.3 Å². The minimum absolute atomic E-state index is 0.0753. The number of amides is 1. The molecule has 222 valence electrons. The molecule has 0 radical (unpaired) electrons. The summed E-state index contributed by atoms with van der Waals surface area (Å²) in [5.41, 5.74) is 11.2. The number of anilines is 2. The van der Waals surface area contributed by atoms with Gasteiger partial charge in [0.25, 0.3) is 0 Å². The number of amidine groups is 1. The molecule has 1 aliphatic heterocycles. The number of benzene rings is 2. The molecule has 1 atom stereocenters. The lowest BCUT2D eigenvalue weighted by Gasteiger charge is -2.37. The first-order valence-electron chi connectivity index (χ1n) is 13.4. The molecule has 0 bridgehead atoms. The topological polar surface area (TPSA) is 154 Å². The van der Waals surface area contributed by atoms with Gasteiger partial charge >= 0.3 is 0 Å². The van der Waals surface area contributed by atoms with Crippen LogP contribution in [0.5, 0.6) is 5.75 Å². The van der Waals surface area contributed by atoms with Crippen LogP contribution in [0.4, 0.5) is 21.5 Å². The third-order valence-corrected chi connectivity index (χ3v) is 6.97. The van der Waals surface area contributed by atoms with Crippen LogP contribution < -0.4 is 37.3 Å². The van der Waals surface area contributed by atoms with Gasteiger partial charge in [0, 0.05) is 37.9 Å². The second-order valence-electron chi connectivity index (χ2n) is 9.92. The Morgan fingerprint density at radius 2 is 2.05 bits per heavy atom. The first-order chi connectivity index (χ1) is 19.7. The van der Waals surface area contributed by atoms with Gasteiger partial charge in [-0.2, -0.15) is 0 Å². The number of hydrogen-bond donors (Lipinski definition) is 6. The average Bonchev–Trinajstić information content (AvgIpc) is 2.96. The van der Waals surface area contributed by atoms with Crippen LogP contribution in [0.15, 0.2) is 65.9 Å². The molecule has 1 aliphatic rings. The number of halogens is 1. The maximum Gasteiger partial charge on any atom is 0.247 e. The number of aliphatic hydroxyl groups is 1. The zero-order valence-corrected chi connectivity index (χ0v) is 23.9. The van der Waals surface area contributed by atoms with E-state index in [4.69, 9.17) is 16.3 Å². The summed E-state index contributed by atoms with van der Waals surface area (Å²) in [6.07, 6.45) is 4.95. The average molecular weight is 569 g/mol. The molecule has 1 saturated heterocycles. The number of ether oxygens (including phenoxy) is 1. The van der Waals surface area contributed by atoms with Crippen LogP contribution in [0.2, 0.25) is 0 Å². The van der Waals surface area contributed by atoms with Crippen LogP contribution >= 0.6 is 0 Å². The smallest absolute Gasteiger partial charge is 0.247 e. The van der Waals surface area contributed by atoms with Crippen molar-refractivity contribution in [1.29, 1.82) is 0 Å². The number of nitrogens with zero attached hydrogens (tertiary/aromatic N) is 3. The van der Waals surface area contributed by atoms with Gasteiger partial charge < -0.3 is 41.4 Å².